The first-order valence-electron chi connectivity index (χ1n) is 9.13. The first-order valence-corrected chi connectivity index (χ1v) is 10.6. The number of hydrogen-bond donors (Lipinski definition) is 2. The van der Waals surface area contributed by atoms with Crippen LogP contribution in [0.3, 0.4) is 0 Å². The molecular formula is C21H28N2O4S. The molecule has 1 atom stereocenters. The number of sulfonamides is 1. The fourth-order valence-corrected chi connectivity index (χ4v) is 3.87. The van der Waals surface area contributed by atoms with Gasteiger partial charge < -0.3 is 10.1 Å². The predicted molar refractivity (Wildman–Crippen MR) is 110 cm³/mol. The molecule has 0 radical (unpaired) electrons. The minimum Gasteiger partial charge on any atom is -0.496 e. The molecule has 0 aliphatic rings. The van der Waals surface area contributed by atoms with Crippen LogP contribution in [0, 0.1) is 6.92 Å². The highest BCUT2D eigenvalue weighted by atomic mass is 32.2. The molecule has 0 bridgehead atoms. The van der Waals surface area contributed by atoms with E-state index < -0.39 is 10.0 Å². The lowest BCUT2D eigenvalue weighted by Crippen LogP contribution is -2.27. The summed E-state index contributed by atoms with van der Waals surface area (Å²) in [4.78, 5) is 12.8. The van der Waals surface area contributed by atoms with Crippen molar-refractivity contribution in [3.63, 3.8) is 0 Å². The average molecular weight is 405 g/mol. The predicted octanol–water partition coefficient (Wildman–Crippen LogP) is 3.53. The molecule has 0 saturated carbocycles. The Bertz CT molecular complexity index is 968. The summed E-state index contributed by atoms with van der Waals surface area (Å²) in [5.74, 6) is 0.780. The van der Waals surface area contributed by atoms with Crippen LogP contribution in [0.1, 0.15) is 59.8 Å². The normalized spacial score (nSPS) is 12.7. The zero-order valence-electron chi connectivity index (χ0n) is 17.2. The highest BCUT2D eigenvalue weighted by molar-refractivity contribution is 7.89. The third-order valence-electron chi connectivity index (χ3n) is 4.73. The van der Waals surface area contributed by atoms with Gasteiger partial charge in [-0.2, -0.15) is 0 Å². The van der Waals surface area contributed by atoms with E-state index in [1.165, 1.54) is 19.2 Å². The number of carbonyl (C=O) groups is 1. The van der Waals surface area contributed by atoms with Crippen LogP contribution < -0.4 is 14.8 Å². The maximum Gasteiger partial charge on any atom is 0.251 e. The molecule has 0 aliphatic carbocycles. The standard InChI is InChI=1S/C21H28N2O4S/c1-13(2)18-12-19(14(3)10-20(18)27-6)15(4)23-21(24)16-8-7-9-17(11-16)28(25,26)22-5/h7-13,15,22H,1-6H3,(H,23,24)/t15-/m1/s1. The zero-order chi connectivity index (χ0) is 21.1. The molecule has 0 saturated heterocycles. The van der Waals surface area contributed by atoms with E-state index in [0.717, 1.165) is 22.4 Å². The van der Waals surface area contributed by atoms with Gasteiger partial charge in [-0.05, 0) is 73.8 Å². The third-order valence-corrected chi connectivity index (χ3v) is 6.14. The van der Waals surface area contributed by atoms with Gasteiger partial charge in [-0.3, -0.25) is 4.79 Å². The van der Waals surface area contributed by atoms with Gasteiger partial charge in [0, 0.05) is 5.56 Å². The van der Waals surface area contributed by atoms with E-state index in [1.807, 2.05) is 19.9 Å². The molecule has 28 heavy (non-hydrogen) atoms. The Morgan fingerprint density at radius 3 is 2.32 bits per heavy atom. The maximum absolute atomic E-state index is 12.7. The molecule has 0 aromatic heterocycles. The smallest absolute Gasteiger partial charge is 0.251 e. The number of nitrogens with one attached hydrogen (secondary N) is 2. The Morgan fingerprint density at radius 1 is 1.07 bits per heavy atom. The Hall–Kier alpha value is -2.38. The Labute approximate surface area is 167 Å². The molecule has 6 nitrogen and oxygen atoms in total. The van der Waals surface area contributed by atoms with Crippen LogP contribution in [-0.4, -0.2) is 28.5 Å². The fraction of sp³-hybridized carbons (Fsp3) is 0.381. The highest BCUT2D eigenvalue weighted by Gasteiger charge is 2.19. The second-order valence-corrected chi connectivity index (χ2v) is 8.92. The Morgan fingerprint density at radius 2 is 1.75 bits per heavy atom. The monoisotopic (exact) mass is 404 g/mol. The summed E-state index contributed by atoms with van der Waals surface area (Å²) in [6.07, 6.45) is 0. The van der Waals surface area contributed by atoms with Crippen LogP contribution in [0.25, 0.3) is 0 Å². The van der Waals surface area contributed by atoms with Crippen LogP contribution in [0.15, 0.2) is 41.3 Å². The van der Waals surface area contributed by atoms with Crippen molar-refractivity contribution in [2.75, 3.05) is 14.2 Å². The van der Waals surface area contributed by atoms with E-state index in [-0.39, 0.29) is 22.8 Å². The SMILES string of the molecule is CNS(=O)(=O)c1cccc(C(=O)N[C@H](C)c2cc(C(C)C)c(OC)cc2C)c1. The molecule has 0 unspecified atom stereocenters. The van der Waals surface area contributed by atoms with Gasteiger partial charge >= 0.3 is 0 Å². The van der Waals surface area contributed by atoms with E-state index in [1.54, 1.807) is 19.2 Å². The number of amides is 1. The zero-order valence-corrected chi connectivity index (χ0v) is 18.0. The van der Waals surface area contributed by atoms with E-state index in [2.05, 4.69) is 30.0 Å². The second kappa shape index (κ2) is 8.75. The Balaban J connectivity index is 2.31. The fourth-order valence-electron chi connectivity index (χ4n) is 3.09. The van der Waals surface area contributed by atoms with Crippen molar-refractivity contribution < 1.29 is 17.9 Å². The molecule has 152 valence electrons. The minimum absolute atomic E-state index is 0.0537. The summed E-state index contributed by atoms with van der Waals surface area (Å²) < 4.78 is 31.7. The van der Waals surface area contributed by atoms with Crippen molar-refractivity contribution in [1.82, 2.24) is 10.0 Å². The summed E-state index contributed by atoms with van der Waals surface area (Å²) in [6.45, 7) is 8.07. The van der Waals surface area contributed by atoms with Crippen LogP contribution >= 0.6 is 0 Å². The molecule has 0 aliphatic heterocycles. The molecule has 2 rings (SSSR count). The molecule has 2 aromatic rings. The number of methoxy groups -OCH3 is 1. The van der Waals surface area contributed by atoms with Gasteiger partial charge in [0.05, 0.1) is 18.0 Å². The van der Waals surface area contributed by atoms with Crippen molar-refractivity contribution in [3.8, 4) is 5.75 Å². The summed E-state index contributed by atoms with van der Waals surface area (Å²) in [6, 6.07) is 9.76. The lowest BCUT2D eigenvalue weighted by Gasteiger charge is -2.21. The van der Waals surface area contributed by atoms with E-state index in [4.69, 9.17) is 4.74 Å². The molecule has 0 fully saturated rings. The summed E-state index contributed by atoms with van der Waals surface area (Å²) in [5, 5.41) is 2.96. The van der Waals surface area contributed by atoms with Crippen LogP contribution in [-0.2, 0) is 10.0 Å². The average Bonchev–Trinajstić information content (AvgIpc) is 2.67. The molecular weight excluding hydrogens is 376 g/mol. The highest BCUT2D eigenvalue weighted by Crippen LogP contribution is 2.32. The number of ether oxygens (including phenoxy) is 1. The van der Waals surface area contributed by atoms with Crippen LogP contribution in [0.2, 0.25) is 0 Å². The molecule has 1 amide bonds. The van der Waals surface area contributed by atoms with Gasteiger partial charge in [-0.25, -0.2) is 13.1 Å². The van der Waals surface area contributed by atoms with E-state index in [9.17, 15) is 13.2 Å². The van der Waals surface area contributed by atoms with Crippen molar-refractivity contribution in [2.45, 2.75) is 44.6 Å². The van der Waals surface area contributed by atoms with Gasteiger partial charge in [0.15, 0.2) is 0 Å². The number of rotatable bonds is 7. The molecule has 0 heterocycles. The minimum atomic E-state index is -3.61. The van der Waals surface area contributed by atoms with E-state index >= 15 is 0 Å². The van der Waals surface area contributed by atoms with E-state index in [0.29, 0.717) is 5.56 Å². The van der Waals surface area contributed by atoms with Crippen molar-refractivity contribution in [1.29, 1.82) is 0 Å². The van der Waals surface area contributed by atoms with Crippen molar-refractivity contribution in [3.05, 3.63) is 58.7 Å². The summed E-state index contributed by atoms with van der Waals surface area (Å²) in [5.41, 5.74) is 3.38. The molecule has 2 aromatic carbocycles. The topological polar surface area (TPSA) is 84.5 Å². The number of hydrogen-bond acceptors (Lipinski definition) is 4. The van der Waals surface area contributed by atoms with Crippen molar-refractivity contribution in [2.24, 2.45) is 0 Å². The van der Waals surface area contributed by atoms with Gasteiger partial charge in [-0.1, -0.05) is 19.9 Å². The number of aryl methyl sites for hydroxylation is 1. The van der Waals surface area contributed by atoms with Crippen LogP contribution in [0.4, 0.5) is 0 Å². The van der Waals surface area contributed by atoms with Crippen molar-refractivity contribution >= 4 is 15.9 Å². The lowest BCUT2D eigenvalue weighted by atomic mass is 9.93. The third kappa shape index (κ3) is 4.72. The summed E-state index contributed by atoms with van der Waals surface area (Å²) in [7, 11) is -0.622. The lowest BCUT2D eigenvalue weighted by molar-refractivity contribution is 0.0939. The van der Waals surface area contributed by atoms with Gasteiger partial charge in [-0.15, -0.1) is 0 Å². The summed E-state index contributed by atoms with van der Waals surface area (Å²) >= 11 is 0. The number of carbonyl (C=O) groups excluding carboxylic acids is 1. The first kappa shape index (κ1) is 21.9. The largest absolute Gasteiger partial charge is 0.496 e. The molecule has 2 N–H and O–H groups in total. The number of benzene rings is 2. The molecule has 7 heteroatoms. The first-order chi connectivity index (χ1) is 13.1. The maximum atomic E-state index is 12.7. The Kier molecular flexibility index (Phi) is 6.85. The van der Waals surface area contributed by atoms with Crippen LogP contribution in [0.5, 0.6) is 5.75 Å². The second-order valence-electron chi connectivity index (χ2n) is 7.04. The van der Waals surface area contributed by atoms with Gasteiger partial charge in [0.2, 0.25) is 10.0 Å². The molecule has 0 spiro atoms. The van der Waals surface area contributed by atoms with Gasteiger partial charge in [0.1, 0.15) is 5.75 Å². The van der Waals surface area contributed by atoms with Gasteiger partial charge in [0.25, 0.3) is 5.91 Å². The quantitative estimate of drug-likeness (QED) is 0.739.